The molecule has 1 fully saturated rings. The first kappa shape index (κ1) is 16.8. The van der Waals surface area contributed by atoms with Gasteiger partial charge in [0, 0.05) is 7.05 Å². The first-order valence-electron chi connectivity index (χ1n) is 7.33. The van der Waals surface area contributed by atoms with Crippen LogP contribution in [0.25, 0.3) is 6.08 Å². The molecule has 0 unspecified atom stereocenters. The molecular formula is C18H14N2O4S. The van der Waals surface area contributed by atoms with Crippen LogP contribution in [0, 0.1) is 0 Å². The van der Waals surface area contributed by atoms with E-state index in [1.807, 2.05) is 0 Å². The molecule has 2 aromatic rings. The number of carboxylic acid groups (broad SMARTS) is 1. The summed E-state index contributed by atoms with van der Waals surface area (Å²) >= 11 is 1.24. The molecule has 3 rings (SSSR count). The minimum Gasteiger partial charge on any atom is -0.508 e. The van der Waals surface area contributed by atoms with Crippen LogP contribution in [0.2, 0.25) is 0 Å². The quantitative estimate of drug-likeness (QED) is 0.825. The number of nitrogens with zero attached hydrogens (tertiary/aromatic N) is 2. The maximum absolute atomic E-state index is 12.3. The summed E-state index contributed by atoms with van der Waals surface area (Å²) in [5.41, 5.74) is 1.55. The Labute approximate surface area is 148 Å². The maximum Gasteiger partial charge on any atom is 0.335 e. The predicted octanol–water partition coefficient (Wildman–Crippen LogP) is 3.32. The summed E-state index contributed by atoms with van der Waals surface area (Å²) in [5, 5.41) is 18.7. The third-order valence-electron chi connectivity index (χ3n) is 3.53. The number of aromatic hydroxyl groups is 1. The van der Waals surface area contributed by atoms with Gasteiger partial charge in [-0.1, -0.05) is 12.1 Å². The number of carboxylic acids is 1. The van der Waals surface area contributed by atoms with Crippen molar-refractivity contribution in [3.63, 3.8) is 0 Å². The van der Waals surface area contributed by atoms with Crippen molar-refractivity contribution in [1.29, 1.82) is 0 Å². The molecule has 1 saturated heterocycles. The van der Waals surface area contributed by atoms with E-state index in [1.165, 1.54) is 28.8 Å². The lowest BCUT2D eigenvalue weighted by molar-refractivity contribution is -0.121. The molecule has 1 aliphatic heterocycles. The summed E-state index contributed by atoms with van der Waals surface area (Å²) in [5.74, 6) is -1.00. The molecule has 1 heterocycles. The van der Waals surface area contributed by atoms with Crippen molar-refractivity contribution in [2.75, 3.05) is 7.05 Å². The number of carbonyl (C=O) groups is 2. The molecule has 0 aliphatic carbocycles. The van der Waals surface area contributed by atoms with Crippen molar-refractivity contribution in [1.82, 2.24) is 4.90 Å². The van der Waals surface area contributed by atoms with Crippen LogP contribution in [0.4, 0.5) is 5.69 Å². The number of phenolic OH excluding ortho intramolecular Hbond substituents is 1. The van der Waals surface area contributed by atoms with Crippen molar-refractivity contribution >= 4 is 40.6 Å². The summed E-state index contributed by atoms with van der Waals surface area (Å²) in [7, 11) is 1.64. The normalized spacial score (nSPS) is 17.5. The second kappa shape index (κ2) is 6.82. The average molecular weight is 354 g/mol. The number of amides is 1. The summed E-state index contributed by atoms with van der Waals surface area (Å²) in [6.07, 6.45) is 1.74. The summed E-state index contributed by atoms with van der Waals surface area (Å²) in [6, 6.07) is 12.7. The number of hydrogen-bond donors (Lipinski definition) is 2. The number of phenols is 1. The molecule has 7 heteroatoms. The van der Waals surface area contributed by atoms with E-state index in [-0.39, 0.29) is 17.2 Å². The van der Waals surface area contributed by atoms with Gasteiger partial charge in [0.05, 0.1) is 16.2 Å². The third kappa shape index (κ3) is 3.72. The van der Waals surface area contributed by atoms with Gasteiger partial charge >= 0.3 is 5.97 Å². The first-order chi connectivity index (χ1) is 11.9. The molecule has 2 aromatic carbocycles. The highest BCUT2D eigenvalue weighted by atomic mass is 32.2. The van der Waals surface area contributed by atoms with E-state index in [0.717, 1.165) is 5.56 Å². The van der Waals surface area contributed by atoms with E-state index in [4.69, 9.17) is 5.11 Å². The Morgan fingerprint density at radius 1 is 1.12 bits per heavy atom. The van der Waals surface area contributed by atoms with Crippen molar-refractivity contribution < 1.29 is 19.8 Å². The SMILES string of the molecule is CN1C(=O)/C(=C/c2ccc(O)cc2)SC1=Nc1ccc(C(=O)O)cc1. The van der Waals surface area contributed by atoms with Crippen LogP contribution in [0.15, 0.2) is 58.4 Å². The van der Waals surface area contributed by atoms with Gasteiger partial charge in [-0.25, -0.2) is 9.79 Å². The van der Waals surface area contributed by atoms with Crippen LogP contribution in [0.3, 0.4) is 0 Å². The molecule has 126 valence electrons. The van der Waals surface area contributed by atoms with Gasteiger partial charge in [-0.15, -0.1) is 0 Å². The van der Waals surface area contributed by atoms with E-state index in [2.05, 4.69) is 4.99 Å². The number of rotatable bonds is 3. The van der Waals surface area contributed by atoms with Gasteiger partial charge in [0.1, 0.15) is 5.75 Å². The van der Waals surface area contributed by atoms with Crippen LogP contribution in [-0.4, -0.2) is 39.2 Å². The first-order valence-corrected chi connectivity index (χ1v) is 8.14. The van der Waals surface area contributed by atoms with Gasteiger partial charge in [-0.05, 0) is 59.8 Å². The maximum atomic E-state index is 12.3. The zero-order valence-electron chi connectivity index (χ0n) is 13.2. The third-order valence-corrected chi connectivity index (χ3v) is 4.59. The second-order valence-electron chi connectivity index (χ2n) is 5.31. The van der Waals surface area contributed by atoms with Gasteiger partial charge in [-0.2, -0.15) is 0 Å². The fourth-order valence-corrected chi connectivity index (χ4v) is 3.15. The number of carbonyl (C=O) groups excluding carboxylic acids is 1. The topological polar surface area (TPSA) is 90.2 Å². The highest BCUT2D eigenvalue weighted by molar-refractivity contribution is 8.18. The molecular weight excluding hydrogens is 340 g/mol. The van der Waals surface area contributed by atoms with Crippen LogP contribution >= 0.6 is 11.8 Å². The van der Waals surface area contributed by atoms with Crippen molar-refractivity contribution in [2.45, 2.75) is 0 Å². The number of aliphatic imine (C=N–C) groups is 1. The van der Waals surface area contributed by atoms with E-state index >= 15 is 0 Å². The van der Waals surface area contributed by atoms with Gasteiger partial charge in [0.2, 0.25) is 0 Å². The molecule has 0 aromatic heterocycles. The van der Waals surface area contributed by atoms with Crippen molar-refractivity contribution in [2.24, 2.45) is 4.99 Å². The average Bonchev–Trinajstić information content (AvgIpc) is 2.85. The molecule has 1 amide bonds. The molecule has 1 aliphatic rings. The van der Waals surface area contributed by atoms with Gasteiger partial charge in [-0.3, -0.25) is 9.69 Å². The summed E-state index contributed by atoms with van der Waals surface area (Å²) < 4.78 is 0. The number of hydrogen-bond acceptors (Lipinski definition) is 5. The molecule has 0 saturated carbocycles. The van der Waals surface area contributed by atoms with E-state index < -0.39 is 5.97 Å². The van der Waals surface area contributed by atoms with Crippen molar-refractivity contribution in [3.8, 4) is 5.75 Å². The number of aromatic carboxylic acids is 1. The Hall–Kier alpha value is -3.06. The Bertz CT molecular complexity index is 886. The van der Waals surface area contributed by atoms with Crippen LogP contribution in [-0.2, 0) is 4.79 Å². The summed E-state index contributed by atoms with van der Waals surface area (Å²) in [6.45, 7) is 0. The minimum absolute atomic E-state index is 0.164. The van der Waals surface area contributed by atoms with Crippen LogP contribution in [0.1, 0.15) is 15.9 Å². The molecule has 25 heavy (non-hydrogen) atoms. The van der Waals surface area contributed by atoms with Gasteiger partial charge in [0.25, 0.3) is 5.91 Å². The molecule has 0 atom stereocenters. The number of thioether (sulfide) groups is 1. The van der Waals surface area contributed by atoms with E-state index in [0.29, 0.717) is 15.8 Å². The van der Waals surface area contributed by atoms with Crippen LogP contribution in [0.5, 0.6) is 5.75 Å². The molecule has 0 bridgehead atoms. The van der Waals surface area contributed by atoms with E-state index in [1.54, 1.807) is 49.5 Å². The number of benzene rings is 2. The summed E-state index contributed by atoms with van der Waals surface area (Å²) in [4.78, 5) is 29.6. The lowest BCUT2D eigenvalue weighted by atomic mass is 10.2. The lowest BCUT2D eigenvalue weighted by Gasteiger charge is -2.07. The largest absolute Gasteiger partial charge is 0.508 e. The highest BCUT2D eigenvalue weighted by Gasteiger charge is 2.30. The van der Waals surface area contributed by atoms with Crippen LogP contribution < -0.4 is 0 Å². The predicted molar refractivity (Wildman–Crippen MR) is 96.9 cm³/mol. The zero-order valence-corrected chi connectivity index (χ0v) is 14.0. The minimum atomic E-state index is -0.999. The fourth-order valence-electron chi connectivity index (χ4n) is 2.16. The second-order valence-corrected chi connectivity index (χ2v) is 6.32. The Kier molecular flexibility index (Phi) is 4.58. The van der Waals surface area contributed by atoms with Gasteiger partial charge in [0.15, 0.2) is 5.17 Å². The molecule has 0 radical (unpaired) electrons. The smallest absolute Gasteiger partial charge is 0.335 e. The highest BCUT2D eigenvalue weighted by Crippen LogP contribution is 2.33. The number of amidine groups is 1. The Morgan fingerprint density at radius 3 is 2.36 bits per heavy atom. The zero-order chi connectivity index (χ0) is 18.0. The lowest BCUT2D eigenvalue weighted by Crippen LogP contribution is -2.23. The molecule has 6 nitrogen and oxygen atoms in total. The molecule has 0 spiro atoms. The van der Waals surface area contributed by atoms with Gasteiger partial charge < -0.3 is 10.2 Å². The monoisotopic (exact) mass is 354 g/mol. The van der Waals surface area contributed by atoms with E-state index in [9.17, 15) is 14.7 Å². The standard InChI is InChI=1S/C18H14N2O4S/c1-20-16(22)15(10-11-2-8-14(21)9-3-11)25-18(20)19-13-6-4-12(5-7-13)17(23)24/h2-10,21H,1H3,(H,23,24)/b15-10-,19-18?. The van der Waals surface area contributed by atoms with Crippen molar-refractivity contribution in [3.05, 3.63) is 64.6 Å². The molecule has 2 N–H and O–H groups in total. The fraction of sp³-hybridized carbons (Fsp3) is 0.0556. The number of likely N-dealkylation sites (N-methyl/N-ethyl adjacent to an activating group) is 1. The Balaban J connectivity index is 1.85. The Morgan fingerprint density at radius 2 is 1.76 bits per heavy atom.